The van der Waals surface area contributed by atoms with Crippen LogP contribution in [0.15, 0.2) is 42.5 Å². The van der Waals surface area contributed by atoms with Crippen molar-refractivity contribution >= 4 is 28.8 Å². The Hall–Kier alpha value is -3.65. The molecule has 4 aromatic rings. The van der Waals surface area contributed by atoms with Crippen LogP contribution in [0.4, 0.5) is 5.69 Å². The molecule has 0 unspecified atom stereocenters. The minimum atomic E-state index is -0.389. The van der Waals surface area contributed by atoms with Crippen LogP contribution in [0.5, 0.6) is 11.5 Å². The summed E-state index contributed by atoms with van der Waals surface area (Å²) in [6.07, 6.45) is 0.677. The third kappa shape index (κ3) is 3.85. The third-order valence-electron chi connectivity index (χ3n) is 5.14. The molecule has 2 aromatic heterocycles. The number of nitrogens with zero attached hydrogens (tertiary/aromatic N) is 4. The maximum absolute atomic E-state index is 12.8. The molecular weight excluding hydrogens is 430 g/mol. The van der Waals surface area contributed by atoms with Gasteiger partial charge in [0, 0.05) is 10.7 Å². The van der Waals surface area contributed by atoms with Crippen molar-refractivity contribution in [2.45, 2.75) is 20.3 Å². The van der Waals surface area contributed by atoms with Crippen molar-refractivity contribution in [2.24, 2.45) is 0 Å². The van der Waals surface area contributed by atoms with Gasteiger partial charge in [-0.25, -0.2) is 4.52 Å². The summed E-state index contributed by atoms with van der Waals surface area (Å²) < 4.78 is 12.5. The highest BCUT2D eigenvalue weighted by Gasteiger charge is 2.22. The highest BCUT2D eigenvalue weighted by atomic mass is 35.5. The molecule has 164 valence electrons. The number of benzene rings is 2. The van der Waals surface area contributed by atoms with Gasteiger partial charge in [-0.15, -0.1) is 10.2 Å². The number of fused-ring (bicyclic) bond motifs is 1. The summed E-state index contributed by atoms with van der Waals surface area (Å²) >= 11 is 6.01. The minimum absolute atomic E-state index is 0.182. The third-order valence-corrected chi connectivity index (χ3v) is 5.38. The second-order valence-corrected chi connectivity index (χ2v) is 7.52. The van der Waals surface area contributed by atoms with Gasteiger partial charge in [0.1, 0.15) is 0 Å². The molecule has 2 heterocycles. The van der Waals surface area contributed by atoms with Crippen molar-refractivity contribution in [2.75, 3.05) is 19.5 Å². The molecule has 0 aliphatic rings. The van der Waals surface area contributed by atoms with E-state index in [1.165, 1.54) is 0 Å². The maximum Gasteiger partial charge on any atom is 0.278 e. The molecule has 1 N–H and O–H groups in total. The van der Waals surface area contributed by atoms with Gasteiger partial charge in [-0.3, -0.25) is 4.79 Å². The topological polar surface area (TPSA) is 90.6 Å². The van der Waals surface area contributed by atoms with Gasteiger partial charge >= 0.3 is 0 Å². The Morgan fingerprint density at radius 3 is 2.56 bits per heavy atom. The number of anilines is 1. The fourth-order valence-electron chi connectivity index (χ4n) is 3.55. The number of amides is 1. The largest absolute Gasteiger partial charge is 0.493 e. The summed E-state index contributed by atoms with van der Waals surface area (Å²) in [6.45, 7) is 3.81. The van der Waals surface area contributed by atoms with Crippen LogP contribution in [0.25, 0.3) is 16.8 Å². The molecular formula is C23H22ClN5O3. The fraction of sp³-hybridized carbons (Fsp3) is 0.217. The average molecular weight is 452 g/mol. The molecule has 0 atom stereocenters. The van der Waals surface area contributed by atoms with Crippen LogP contribution in [-0.2, 0) is 6.42 Å². The molecule has 0 saturated heterocycles. The van der Waals surface area contributed by atoms with Crippen molar-refractivity contribution in [3.63, 3.8) is 0 Å². The van der Waals surface area contributed by atoms with Crippen molar-refractivity contribution in [1.82, 2.24) is 19.8 Å². The first-order valence-electron chi connectivity index (χ1n) is 10.0. The molecule has 1 amide bonds. The molecule has 32 heavy (non-hydrogen) atoms. The molecule has 0 fully saturated rings. The van der Waals surface area contributed by atoms with Crippen LogP contribution in [0, 0.1) is 6.92 Å². The quantitative estimate of drug-likeness (QED) is 0.461. The Balaban J connectivity index is 1.79. The number of rotatable bonds is 6. The number of methoxy groups -OCH3 is 2. The van der Waals surface area contributed by atoms with Crippen molar-refractivity contribution < 1.29 is 14.3 Å². The molecule has 0 radical (unpaired) electrons. The van der Waals surface area contributed by atoms with E-state index in [-0.39, 0.29) is 11.6 Å². The second-order valence-electron chi connectivity index (χ2n) is 7.08. The predicted molar refractivity (Wildman–Crippen MR) is 123 cm³/mol. The molecule has 0 bridgehead atoms. The number of hydrogen-bond donors (Lipinski definition) is 1. The van der Waals surface area contributed by atoms with Gasteiger partial charge in [-0.2, -0.15) is 5.10 Å². The summed E-state index contributed by atoms with van der Waals surface area (Å²) in [5.41, 5.74) is 4.44. The van der Waals surface area contributed by atoms with Gasteiger partial charge < -0.3 is 14.8 Å². The summed E-state index contributed by atoms with van der Waals surface area (Å²) in [5, 5.41) is 16.6. The Bertz CT molecular complexity index is 1320. The number of aromatic nitrogens is 4. The SMILES string of the molecule is CCc1nn2c(C)c(C(=O)Nc3cccc(Cl)c3)nnc2c1-c1ccc(OC)c(OC)c1. The molecule has 2 aromatic carbocycles. The summed E-state index contributed by atoms with van der Waals surface area (Å²) in [6, 6.07) is 12.6. The van der Waals surface area contributed by atoms with Crippen LogP contribution in [-0.4, -0.2) is 39.9 Å². The first-order valence-corrected chi connectivity index (χ1v) is 10.4. The molecule has 8 nitrogen and oxygen atoms in total. The van der Waals surface area contributed by atoms with Crippen molar-refractivity contribution in [1.29, 1.82) is 0 Å². The lowest BCUT2D eigenvalue weighted by Crippen LogP contribution is -2.18. The predicted octanol–water partition coefficient (Wildman–Crippen LogP) is 4.59. The smallest absolute Gasteiger partial charge is 0.278 e. The van der Waals surface area contributed by atoms with E-state index in [9.17, 15) is 4.79 Å². The Labute approximate surface area is 190 Å². The van der Waals surface area contributed by atoms with E-state index in [1.54, 1.807) is 49.9 Å². The first kappa shape index (κ1) is 21.6. The monoisotopic (exact) mass is 451 g/mol. The number of halogens is 1. The maximum atomic E-state index is 12.8. The van der Waals surface area contributed by atoms with E-state index in [0.29, 0.717) is 40.0 Å². The van der Waals surface area contributed by atoms with E-state index in [4.69, 9.17) is 26.2 Å². The molecule has 0 aliphatic carbocycles. The lowest BCUT2D eigenvalue weighted by Gasteiger charge is -2.10. The second kappa shape index (κ2) is 8.84. The number of carbonyl (C=O) groups is 1. The van der Waals surface area contributed by atoms with Crippen LogP contribution in [0.2, 0.25) is 5.02 Å². The summed E-state index contributed by atoms with van der Waals surface area (Å²) in [4.78, 5) is 12.8. The lowest BCUT2D eigenvalue weighted by molar-refractivity contribution is 0.102. The number of ether oxygens (including phenoxy) is 2. The lowest BCUT2D eigenvalue weighted by atomic mass is 10.0. The Morgan fingerprint density at radius 1 is 1.09 bits per heavy atom. The average Bonchev–Trinajstić information content (AvgIpc) is 3.18. The summed E-state index contributed by atoms with van der Waals surface area (Å²) in [5.74, 6) is 0.849. The molecule has 0 spiro atoms. The minimum Gasteiger partial charge on any atom is -0.493 e. The van der Waals surface area contributed by atoms with Crippen LogP contribution < -0.4 is 14.8 Å². The molecule has 0 saturated carbocycles. The van der Waals surface area contributed by atoms with Gasteiger partial charge in [0.05, 0.1) is 31.2 Å². The highest BCUT2D eigenvalue weighted by molar-refractivity contribution is 6.30. The molecule has 9 heteroatoms. The normalized spacial score (nSPS) is 10.9. The number of aryl methyl sites for hydroxylation is 2. The van der Waals surface area contributed by atoms with E-state index in [1.807, 2.05) is 25.1 Å². The van der Waals surface area contributed by atoms with Gasteiger partial charge in [0.15, 0.2) is 22.8 Å². The van der Waals surface area contributed by atoms with Gasteiger partial charge in [0.2, 0.25) is 0 Å². The highest BCUT2D eigenvalue weighted by Crippen LogP contribution is 2.35. The van der Waals surface area contributed by atoms with E-state index in [0.717, 1.165) is 16.8 Å². The van der Waals surface area contributed by atoms with Crippen molar-refractivity contribution in [3.8, 4) is 22.6 Å². The van der Waals surface area contributed by atoms with Gasteiger partial charge in [-0.1, -0.05) is 30.7 Å². The Kier molecular flexibility index (Phi) is 5.96. The van der Waals surface area contributed by atoms with E-state index in [2.05, 4.69) is 15.5 Å². The van der Waals surface area contributed by atoms with Gasteiger partial charge in [0.25, 0.3) is 5.91 Å². The van der Waals surface area contributed by atoms with Crippen LogP contribution in [0.3, 0.4) is 0 Å². The van der Waals surface area contributed by atoms with Crippen LogP contribution >= 0.6 is 11.6 Å². The van der Waals surface area contributed by atoms with Crippen molar-refractivity contribution in [3.05, 3.63) is 64.6 Å². The molecule has 4 rings (SSSR count). The van der Waals surface area contributed by atoms with E-state index < -0.39 is 0 Å². The molecule has 0 aliphatic heterocycles. The van der Waals surface area contributed by atoms with Crippen LogP contribution in [0.1, 0.15) is 28.8 Å². The Morgan fingerprint density at radius 2 is 1.88 bits per heavy atom. The van der Waals surface area contributed by atoms with E-state index >= 15 is 0 Å². The van der Waals surface area contributed by atoms with Gasteiger partial charge in [-0.05, 0) is 49.2 Å². The zero-order valence-corrected chi connectivity index (χ0v) is 18.9. The number of nitrogens with one attached hydrogen (secondary N) is 1. The standard InChI is InChI=1S/C23H22ClN5O3/c1-5-17-20(14-9-10-18(31-3)19(11-14)32-4)22-27-26-21(13(2)29(22)28-17)23(30)25-16-8-6-7-15(24)12-16/h6-12H,5H2,1-4H3,(H,25,30). The number of hydrogen-bond acceptors (Lipinski definition) is 6. The fourth-order valence-corrected chi connectivity index (χ4v) is 3.74. The first-order chi connectivity index (χ1) is 15.5. The number of carbonyl (C=O) groups excluding carboxylic acids is 1. The zero-order chi connectivity index (χ0) is 22.8. The summed E-state index contributed by atoms with van der Waals surface area (Å²) in [7, 11) is 3.18. The zero-order valence-electron chi connectivity index (χ0n) is 18.1.